The summed E-state index contributed by atoms with van der Waals surface area (Å²) in [4.78, 5) is 0. The molecule has 0 fully saturated rings. The van der Waals surface area contributed by atoms with E-state index in [-0.39, 0.29) is 0 Å². The maximum atomic E-state index is 9.90. The molecule has 21 heavy (non-hydrogen) atoms. The van der Waals surface area contributed by atoms with Gasteiger partial charge in [0.15, 0.2) is 0 Å². The molecule has 0 saturated carbocycles. The smallest absolute Gasteiger partial charge is 0.115 e. The fourth-order valence-electron chi connectivity index (χ4n) is 3.82. The summed E-state index contributed by atoms with van der Waals surface area (Å²) in [5, 5.41) is 13.7. The first kappa shape index (κ1) is 16.4. The molecule has 0 aliphatic heterocycles. The predicted octanol–water partition coefficient (Wildman–Crippen LogP) is 4.62. The van der Waals surface area contributed by atoms with Crippen molar-refractivity contribution < 1.29 is 5.11 Å². The molecular formula is C19H31NO. The molecule has 0 amide bonds. The molecule has 1 aromatic rings. The summed E-state index contributed by atoms with van der Waals surface area (Å²) in [6.07, 6.45) is 7.29. The summed E-state index contributed by atoms with van der Waals surface area (Å²) in [5.74, 6) is 1.69. The monoisotopic (exact) mass is 289 g/mol. The van der Waals surface area contributed by atoms with E-state index >= 15 is 0 Å². The standard InChI is InChI=1S/C19H31NO/c1-4-7-8-17-18-13-16(21)10-9-15(18)12-14(6-3)19(17)20-11-5-2/h9-10,13-14,17,19-21H,4-8,11-12H2,1-3H3. The van der Waals surface area contributed by atoms with Crippen LogP contribution in [0.5, 0.6) is 5.75 Å². The number of unbranched alkanes of at least 4 members (excludes halogenated alkanes) is 1. The van der Waals surface area contributed by atoms with E-state index in [9.17, 15) is 5.11 Å². The average molecular weight is 289 g/mol. The van der Waals surface area contributed by atoms with Gasteiger partial charge >= 0.3 is 0 Å². The molecule has 0 spiro atoms. The van der Waals surface area contributed by atoms with Crippen LogP contribution in [0.4, 0.5) is 0 Å². The zero-order valence-electron chi connectivity index (χ0n) is 13.9. The van der Waals surface area contributed by atoms with Gasteiger partial charge in [-0.2, -0.15) is 0 Å². The van der Waals surface area contributed by atoms with E-state index < -0.39 is 0 Å². The first-order valence-corrected chi connectivity index (χ1v) is 8.76. The van der Waals surface area contributed by atoms with E-state index in [4.69, 9.17) is 0 Å². The Morgan fingerprint density at radius 2 is 2.00 bits per heavy atom. The third-order valence-electron chi connectivity index (χ3n) is 4.98. The molecule has 2 N–H and O–H groups in total. The highest BCUT2D eigenvalue weighted by Crippen LogP contribution is 2.40. The topological polar surface area (TPSA) is 32.3 Å². The summed E-state index contributed by atoms with van der Waals surface area (Å²) in [6, 6.07) is 6.57. The fourth-order valence-corrected chi connectivity index (χ4v) is 3.82. The Hall–Kier alpha value is -1.02. The van der Waals surface area contributed by atoms with Gasteiger partial charge in [-0.1, -0.05) is 46.1 Å². The third-order valence-corrected chi connectivity index (χ3v) is 4.98. The van der Waals surface area contributed by atoms with Gasteiger partial charge in [0.1, 0.15) is 5.75 Å². The van der Waals surface area contributed by atoms with Crippen molar-refractivity contribution in [2.45, 2.75) is 71.3 Å². The van der Waals surface area contributed by atoms with Crippen molar-refractivity contribution in [3.63, 3.8) is 0 Å². The summed E-state index contributed by atoms with van der Waals surface area (Å²) in [6.45, 7) is 7.90. The number of rotatable bonds is 7. The lowest BCUT2D eigenvalue weighted by Gasteiger charge is -2.40. The Balaban J connectivity index is 2.31. The largest absolute Gasteiger partial charge is 0.508 e. The quantitative estimate of drug-likeness (QED) is 0.768. The van der Waals surface area contributed by atoms with Gasteiger partial charge in [0.05, 0.1) is 0 Å². The van der Waals surface area contributed by atoms with Crippen LogP contribution in [0.15, 0.2) is 18.2 Å². The number of nitrogens with one attached hydrogen (secondary N) is 1. The molecule has 0 bridgehead atoms. The summed E-state index contributed by atoms with van der Waals surface area (Å²) < 4.78 is 0. The first-order chi connectivity index (χ1) is 10.2. The van der Waals surface area contributed by atoms with Crippen LogP contribution in [-0.2, 0) is 6.42 Å². The molecule has 0 saturated heterocycles. The molecule has 2 rings (SSSR count). The van der Waals surface area contributed by atoms with Gasteiger partial charge in [-0.25, -0.2) is 0 Å². The highest BCUT2D eigenvalue weighted by atomic mass is 16.3. The number of phenols is 1. The lowest BCUT2D eigenvalue weighted by molar-refractivity contribution is 0.264. The Bertz CT molecular complexity index is 443. The van der Waals surface area contributed by atoms with Gasteiger partial charge in [0, 0.05) is 6.04 Å². The second-order valence-corrected chi connectivity index (χ2v) is 6.48. The molecule has 3 atom stereocenters. The van der Waals surface area contributed by atoms with Gasteiger partial charge in [-0.3, -0.25) is 0 Å². The Kier molecular flexibility index (Phi) is 6.10. The molecule has 0 radical (unpaired) electrons. The fraction of sp³-hybridized carbons (Fsp3) is 0.684. The Labute approximate surface area is 130 Å². The average Bonchev–Trinajstić information content (AvgIpc) is 2.50. The first-order valence-electron chi connectivity index (χ1n) is 8.76. The van der Waals surface area contributed by atoms with Crippen LogP contribution in [-0.4, -0.2) is 17.7 Å². The Morgan fingerprint density at radius 3 is 2.67 bits per heavy atom. The van der Waals surface area contributed by atoms with Crippen LogP contribution in [0.2, 0.25) is 0 Å². The summed E-state index contributed by atoms with van der Waals surface area (Å²) >= 11 is 0. The van der Waals surface area contributed by atoms with Crippen LogP contribution in [0.25, 0.3) is 0 Å². The normalized spacial score (nSPS) is 24.8. The highest BCUT2D eigenvalue weighted by molar-refractivity contribution is 5.40. The number of benzene rings is 1. The number of hydrogen-bond donors (Lipinski definition) is 2. The predicted molar refractivity (Wildman–Crippen MR) is 89.9 cm³/mol. The van der Waals surface area contributed by atoms with Crippen LogP contribution >= 0.6 is 0 Å². The minimum atomic E-state index is 0.416. The summed E-state index contributed by atoms with van der Waals surface area (Å²) in [5.41, 5.74) is 2.84. The van der Waals surface area contributed by atoms with Gasteiger partial charge in [-0.15, -0.1) is 0 Å². The molecule has 1 aliphatic carbocycles. The van der Waals surface area contributed by atoms with Gasteiger partial charge in [0.25, 0.3) is 0 Å². The van der Waals surface area contributed by atoms with E-state index in [1.807, 2.05) is 12.1 Å². The minimum absolute atomic E-state index is 0.416. The zero-order valence-corrected chi connectivity index (χ0v) is 13.9. The van der Waals surface area contributed by atoms with Gasteiger partial charge in [0.2, 0.25) is 0 Å². The molecule has 2 nitrogen and oxygen atoms in total. The molecule has 3 unspecified atom stereocenters. The maximum Gasteiger partial charge on any atom is 0.115 e. The number of fused-ring (bicyclic) bond motifs is 1. The molecule has 0 heterocycles. The van der Waals surface area contributed by atoms with E-state index in [0.717, 1.165) is 18.9 Å². The van der Waals surface area contributed by atoms with Crippen molar-refractivity contribution in [2.24, 2.45) is 5.92 Å². The van der Waals surface area contributed by atoms with Gasteiger partial charge < -0.3 is 10.4 Å². The molecule has 1 aliphatic rings. The lowest BCUT2D eigenvalue weighted by atomic mass is 9.70. The van der Waals surface area contributed by atoms with Crippen LogP contribution in [0, 0.1) is 5.92 Å². The van der Waals surface area contributed by atoms with Crippen LogP contribution in [0.3, 0.4) is 0 Å². The second-order valence-electron chi connectivity index (χ2n) is 6.48. The van der Waals surface area contributed by atoms with Crippen molar-refractivity contribution in [2.75, 3.05) is 6.54 Å². The van der Waals surface area contributed by atoms with E-state index in [0.29, 0.717) is 17.7 Å². The molecule has 0 aromatic heterocycles. The SMILES string of the molecule is CCCCC1c2cc(O)ccc2CC(CC)C1NCCC. The van der Waals surface area contributed by atoms with Crippen molar-refractivity contribution in [3.05, 3.63) is 29.3 Å². The molecule has 2 heteroatoms. The minimum Gasteiger partial charge on any atom is -0.508 e. The molecule has 118 valence electrons. The van der Waals surface area contributed by atoms with Gasteiger partial charge in [-0.05, 0) is 60.9 Å². The summed E-state index contributed by atoms with van der Waals surface area (Å²) in [7, 11) is 0. The van der Waals surface area contributed by atoms with Crippen molar-refractivity contribution >= 4 is 0 Å². The van der Waals surface area contributed by atoms with Crippen molar-refractivity contribution in [1.29, 1.82) is 0 Å². The lowest BCUT2D eigenvalue weighted by Crippen LogP contribution is -2.45. The van der Waals surface area contributed by atoms with E-state index in [1.165, 1.54) is 43.2 Å². The molecule has 1 aromatic carbocycles. The molecular weight excluding hydrogens is 258 g/mol. The van der Waals surface area contributed by atoms with Crippen molar-refractivity contribution in [1.82, 2.24) is 5.32 Å². The number of aromatic hydroxyl groups is 1. The van der Waals surface area contributed by atoms with Crippen molar-refractivity contribution in [3.8, 4) is 5.75 Å². The Morgan fingerprint density at radius 1 is 1.19 bits per heavy atom. The number of hydrogen-bond acceptors (Lipinski definition) is 2. The third kappa shape index (κ3) is 3.79. The zero-order chi connectivity index (χ0) is 15.2. The van der Waals surface area contributed by atoms with E-state index in [1.54, 1.807) is 0 Å². The maximum absolute atomic E-state index is 9.90. The van der Waals surface area contributed by atoms with E-state index in [2.05, 4.69) is 32.2 Å². The van der Waals surface area contributed by atoms with Crippen LogP contribution in [0.1, 0.15) is 69.9 Å². The highest BCUT2D eigenvalue weighted by Gasteiger charge is 2.35. The number of phenolic OH excluding ortho intramolecular Hbond substituents is 1. The second kappa shape index (κ2) is 7.84. The van der Waals surface area contributed by atoms with Crippen LogP contribution < -0.4 is 5.32 Å².